The van der Waals surface area contributed by atoms with Gasteiger partial charge in [0.15, 0.2) is 0 Å². The molecule has 0 fully saturated rings. The third-order valence-electron chi connectivity index (χ3n) is 3.99. The zero-order valence-electron chi connectivity index (χ0n) is 13.3. The highest BCUT2D eigenvalue weighted by atomic mass is 16.2. The van der Waals surface area contributed by atoms with Crippen molar-refractivity contribution in [2.45, 2.75) is 26.7 Å². The molecule has 0 saturated heterocycles. The van der Waals surface area contributed by atoms with E-state index in [2.05, 4.69) is 10.3 Å². The first-order valence-corrected chi connectivity index (χ1v) is 7.76. The average Bonchev–Trinajstić information content (AvgIpc) is 2.99. The molecule has 0 radical (unpaired) electrons. The van der Waals surface area contributed by atoms with Crippen LogP contribution in [0.15, 0.2) is 36.5 Å². The Morgan fingerprint density at radius 2 is 2.09 bits per heavy atom. The molecule has 1 aliphatic heterocycles. The molecule has 5 nitrogen and oxygen atoms in total. The molecule has 118 valence electrons. The third kappa shape index (κ3) is 3.08. The van der Waals surface area contributed by atoms with Gasteiger partial charge in [-0.25, -0.2) is 4.98 Å². The van der Waals surface area contributed by atoms with Crippen molar-refractivity contribution in [1.82, 2.24) is 4.98 Å². The van der Waals surface area contributed by atoms with Gasteiger partial charge >= 0.3 is 0 Å². The fourth-order valence-electron chi connectivity index (χ4n) is 2.72. The Bertz CT molecular complexity index is 753. The van der Waals surface area contributed by atoms with E-state index in [-0.39, 0.29) is 11.8 Å². The van der Waals surface area contributed by atoms with Crippen LogP contribution in [-0.2, 0) is 11.2 Å². The molecule has 0 saturated carbocycles. The summed E-state index contributed by atoms with van der Waals surface area (Å²) in [6.45, 7) is 4.49. The maximum absolute atomic E-state index is 12.3. The minimum atomic E-state index is -0.190. The zero-order chi connectivity index (χ0) is 16.4. The maximum atomic E-state index is 12.3. The van der Waals surface area contributed by atoms with Gasteiger partial charge in [0.1, 0.15) is 5.82 Å². The molecule has 5 heteroatoms. The Morgan fingerprint density at radius 3 is 2.78 bits per heavy atom. The predicted octanol–water partition coefficient (Wildman–Crippen LogP) is 2.94. The highest BCUT2D eigenvalue weighted by molar-refractivity contribution is 6.05. The van der Waals surface area contributed by atoms with E-state index < -0.39 is 0 Å². The molecule has 0 atom stereocenters. The molecule has 1 aromatic heterocycles. The number of rotatable bonds is 3. The van der Waals surface area contributed by atoms with Gasteiger partial charge in [0.25, 0.3) is 5.91 Å². The minimum absolute atomic E-state index is 0.116. The lowest BCUT2D eigenvalue weighted by Crippen LogP contribution is -2.27. The van der Waals surface area contributed by atoms with Crippen LogP contribution in [0.1, 0.15) is 34.8 Å². The fraction of sp³-hybridized carbons (Fsp3) is 0.278. The molecule has 2 heterocycles. The van der Waals surface area contributed by atoms with E-state index in [1.54, 1.807) is 23.2 Å². The van der Waals surface area contributed by atoms with Crippen molar-refractivity contribution in [1.29, 1.82) is 0 Å². The van der Waals surface area contributed by atoms with E-state index in [9.17, 15) is 9.59 Å². The van der Waals surface area contributed by atoms with Crippen molar-refractivity contribution >= 4 is 23.3 Å². The predicted molar refractivity (Wildman–Crippen MR) is 89.7 cm³/mol. The smallest absolute Gasteiger partial charge is 0.256 e. The topological polar surface area (TPSA) is 62.3 Å². The monoisotopic (exact) mass is 309 g/mol. The number of hydrogen-bond donors (Lipinski definition) is 1. The SMILES string of the molecule is CCC(=O)N1CCc2cc(C(=O)Nc3ccc(C)cn3)ccc21. The van der Waals surface area contributed by atoms with Crippen LogP contribution >= 0.6 is 0 Å². The van der Waals surface area contributed by atoms with Crippen molar-refractivity contribution in [2.24, 2.45) is 0 Å². The van der Waals surface area contributed by atoms with Gasteiger partial charge in [-0.15, -0.1) is 0 Å². The molecule has 3 rings (SSSR count). The molecule has 0 aliphatic carbocycles. The molecule has 2 amide bonds. The molecular formula is C18H19N3O2. The van der Waals surface area contributed by atoms with Crippen LogP contribution in [-0.4, -0.2) is 23.3 Å². The lowest BCUT2D eigenvalue weighted by atomic mass is 10.1. The van der Waals surface area contributed by atoms with Crippen LogP contribution in [0.3, 0.4) is 0 Å². The summed E-state index contributed by atoms with van der Waals surface area (Å²) in [6.07, 6.45) is 2.98. The first-order valence-electron chi connectivity index (χ1n) is 7.76. The van der Waals surface area contributed by atoms with E-state index in [1.807, 2.05) is 32.0 Å². The summed E-state index contributed by atoms with van der Waals surface area (Å²) in [5, 5.41) is 2.79. The van der Waals surface area contributed by atoms with Gasteiger partial charge in [-0.2, -0.15) is 0 Å². The summed E-state index contributed by atoms with van der Waals surface area (Å²) >= 11 is 0. The van der Waals surface area contributed by atoms with E-state index in [0.29, 0.717) is 24.3 Å². The normalized spacial score (nSPS) is 12.9. The summed E-state index contributed by atoms with van der Waals surface area (Å²) in [7, 11) is 0. The number of carbonyl (C=O) groups is 2. The van der Waals surface area contributed by atoms with Gasteiger partial charge < -0.3 is 10.2 Å². The molecule has 1 N–H and O–H groups in total. The van der Waals surface area contributed by atoms with Gasteiger partial charge in [0.05, 0.1) is 0 Å². The molecule has 0 unspecified atom stereocenters. The zero-order valence-corrected chi connectivity index (χ0v) is 13.3. The van der Waals surface area contributed by atoms with Crippen molar-refractivity contribution in [3.63, 3.8) is 0 Å². The van der Waals surface area contributed by atoms with Crippen LogP contribution < -0.4 is 10.2 Å². The van der Waals surface area contributed by atoms with Crippen molar-refractivity contribution in [3.8, 4) is 0 Å². The Labute approximate surface area is 135 Å². The van der Waals surface area contributed by atoms with E-state index in [1.165, 1.54) is 0 Å². The van der Waals surface area contributed by atoms with Crippen molar-refractivity contribution in [3.05, 3.63) is 53.2 Å². The number of fused-ring (bicyclic) bond motifs is 1. The lowest BCUT2D eigenvalue weighted by Gasteiger charge is -2.16. The fourth-order valence-corrected chi connectivity index (χ4v) is 2.72. The molecule has 2 aromatic rings. The highest BCUT2D eigenvalue weighted by Crippen LogP contribution is 2.29. The first-order chi connectivity index (χ1) is 11.1. The van der Waals surface area contributed by atoms with Gasteiger partial charge in [-0.05, 0) is 48.7 Å². The molecule has 1 aliphatic rings. The number of hydrogen-bond acceptors (Lipinski definition) is 3. The van der Waals surface area contributed by atoms with Crippen LogP contribution in [0.4, 0.5) is 11.5 Å². The number of nitrogens with one attached hydrogen (secondary N) is 1. The summed E-state index contributed by atoms with van der Waals surface area (Å²) in [6, 6.07) is 9.15. The molecule has 0 spiro atoms. The quantitative estimate of drug-likeness (QED) is 0.948. The Kier molecular flexibility index (Phi) is 4.10. The van der Waals surface area contributed by atoms with Crippen LogP contribution in [0.25, 0.3) is 0 Å². The van der Waals surface area contributed by atoms with Crippen LogP contribution in [0.5, 0.6) is 0 Å². The van der Waals surface area contributed by atoms with Gasteiger partial charge in [-0.3, -0.25) is 9.59 Å². The molecule has 0 bridgehead atoms. The first kappa shape index (κ1) is 15.2. The second-order valence-electron chi connectivity index (χ2n) is 5.67. The maximum Gasteiger partial charge on any atom is 0.256 e. The second-order valence-corrected chi connectivity index (χ2v) is 5.67. The number of benzene rings is 1. The van der Waals surface area contributed by atoms with Crippen LogP contribution in [0.2, 0.25) is 0 Å². The molecular weight excluding hydrogens is 290 g/mol. The van der Waals surface area contributed by atoms with Gasteiger partial charge in [0, 0.05) is 30.4 Å². The second kappa shape index (κ2) is 6.20. The van der Waals surface area contributed by atoms with E-state index in [4.69, 9.17) is 0 Å². The van der Waals surface area contributed by atoms with Crippen LogP contribution in [0, 0.1) is 6.92 Å². The summed E-state index contributed by atoms with van der Waals surface area (Å²) in [5.41, 5.74) is 3.58. The third-order valence-corrected chi connectivity index (χ3v) is 3.99. The number of aryl methyl sites for hydroxylation is 1. The average molecular weight is 309 g/mol. The number of anilines is 2. The lowest BCUT2D eigenvalue weighted by molar-refractivity contribution is -0.118. The van der Waals surface area contributed by atoms with Crippen molar-refractivity contribution in [2.75, 3.05) is 16.8 Å². The minimum Gasteiger partial charge on any atom is -0.312 e. The Morgan fingerprint density at radius 1 is 1.26 bits per heavy atom. The van der Waals surface area contributed by atoms with E-state index >= 15 is 0 Å². The molecule has 1 aromatic carbocycles. The number of aromatic nitrogens is 1. The summed E-state index contributed by atoms with van der Waals surface area (Å²) in [5.74, 6) is 0.457. The standard InChI is InChI=1S/C18H19N3O2/c1-3-17(22)21-9-8-13-10-14(5-6-15(13)21)18(23)20-16-7-4-12(2)11-19-16/h4-7,10-11H,3,8-9H2,1-2H3,(H,19,20,23). The van der Waals surface area contributed by atoms with Crippen molar-refractivity contribution < 1.29 is 9.59 Å². The number of pyridine rings is 1. The van der Waals surface area contributed by atoms with Gasteiger partial charge in [0.2, 0.25) is 5.91 Å². The molecule has 23 heavy (non-hydrogen) atoms. The summed E-state index contributed by atoms with van der Waals surface area (Å²) in [4.78, 5) is 30.2. The number of carbonyl (C=O) groups excluding carboxylic acids is 2. The largest absolute Gasteiger partial charge is 0.312 e. The number of nitrogens with zero attached hydrogens (tertiary/aromatic N) is 2. The Hall–Kier alpha value is -2.69. The number of amides is 2. The Balaban J connectivity index is 1.78. The summed E-state index contributed by atoms with van der Waals surface area (Å²) < 4.78 is 0. The van der Waals surface area contributed by atoms with Gasteiger partial charge in [-0.1, -0.05) is 13.0 Å². The van der Waals surface area contributed by atoms with E-state index in [0.717, 1.165) is 23.2 Å². The highest BCUT2D eigenvalue weighted by Gasteiger charge is 2.24.